The highest BCUT2D eigenvalue weighted by Gasteiger charge is 2.32. The predicted octanol–water partition coefficient (Wildman–Crippen LogP) is 2.57. The maximum atomic E-state index is 13.4. The van der Waals surface area contributed by atoms with Gasteiger partial charge in [-0.05, 0) is 25.2 Å². The summed E-state index contributed by atoms with van der Waals surface area (Å²) in [4.78, 5) is 16.1. The van der Waals surface area contributed by atoms with E-state index in [9.17, 15) is 13.2 Å². The van der Waals surface area contributed by atoms with Crippen molar-refractivity contribution in [2.75, 3.05) is 43.4 Å². The molecule has 0 amide bonds. The molecule has 0 aliphatic carbocycles. The van der Waals surface area contributed by atoms with Crippen LogP contribution in [-0.2, 0) is 6.18 Å². The van der Waals surface area contributed by atoms with Crippen LogP contribution in [0.5, 0.6) is 0 Å². The molecular formula is C18H19F3N8. The van der Waals surface area contributed by atoms with Gasteiger partial charge in [0.25, 0.3) is 0 Å². The van der Waals surface area contributed by atoms with E-state index in [-0.39, 0.29) is 11.6 Å². The average molecular weight is 404 g/mol. The van der Waals surface area contributed by atoms with E-state index in [0.29, 0.717) is 24.6 Å². The smallest absolute Gasteiger partial charge is 0.369 e. The molecule has 1 aliphatic heterocycles. The number of anilines is 3. The molecule has 1 aliphatic rings. The first-order chi connectivity index (χ1) is 13.9. The number of benzene rings is 1. The molecule has 4 rings (SSSR count). The Morgan fingerprint density at radius 2 is 1.83 bits per heavy atom. The van der Waals surface area contributed by atoms with Gasteiger partial charge in [0, 0.05) is 49.8 Å². The van der Waals surface area contributed by atoms with Gasteiger partial charge in [0.1, 0.15) is 12.7 Å². The third-order valence-electron chi connectivity index (χ3n) is 4.66. The molecule has 0 atom stereocenters. The first-order valence-corrected chi connectivity index (χ1v) is 8.99. The molecule has 152 valence electrons. The number of nitrogens with zero attached hydrogens (tertiary/aromatic N) is 7. The Labute approximate surface area is 165 Å². The lowest BCUT2D eigenvalue weighted by atomic mass is 10.1. The zero-order valence-electron chi connectivity index (χ0n) is 15.6. The summed E-state index contributed by atoms with van der Waals surface area (Å²) in [5.41, 5.74) is 0.0755. The van der Waals surface area contributed by atoms with Crippen LogP contribution < -0.4 is 10.2 Å². The fourth-order valence-corrected chi connectivity index (χ4v) is 3.07. The van der Waals surface area contributed by atoms with E-state index in [4.69, 9.17) is 0 Å². The van der Waals surface area contributed by atoms with Crippen molar-refractivity contribution < 1.29 is 13.2 Å². The normalized spacial score (nSPS) is 15.5. The summed E-state index contributed by atoms with van der Waals surface area (Å²) in [5, 5.41) is 7.09. The largest absolute Gasteiger partial charge is 0.416 e. The summed E-state index contributed by atoms with van der Waals surface area (Å²) < 4.78 is 41.7. The molecule has 1 N–H and O–H groups in total. The number of halogens is 3. The van der Waals surface area contributed by atoms with Crippen molar-refractivity contribution in [1.82, 2.24) is 29.6 Å². The Kier molecular flexibility index (Phi) is 5.05. The molecule has 3 heterocycles. The van der Waals surface area contributed by atoms with Gasteiger partial charge in [-0.25, -0.2) is 14.6 Å². The Balaban J connectivity index is 1.61. The lowest BCUT2D eigenvalue weighted by Gasteiger charge is -2.34. The molecule has 0 spiro atoms. The first kappa shape index (κ1) is 19.1. The minimum absolute atomic E-state index is 0.173. The summed E-state index contributed by atoms with van der Waals surface area (Å²) >= 11 is 0. The molecule has 3 aromatic rings. The Morgan fingerprint density at radius 3 is 2.52 bits per heavy atom. The van der Waals surface area contributed by atoms with Gasteiger partial charge in [0.2, 0.25) is 5.95 Å². The van der Waals surface area contributed by atoms with Crippen LogP contribution in [0, 0.1) is 0 Å². The Hall–Kier alpha value is -3.21. The quantitative estimate of drug-likeness (QED) is 0.716. The maximum Gasteiger partial charge on any atom is 0.416 e. The van der Waals surface area contributed by atoms with Crippen LogP contribution in [-0.4, -0.2) is 62.9 Å². The van der Waals surface area contributed by atoms with Crippen molar-refractivity contribution in [2.24, 2.45) is 0 Å². The Morgan fingerprint density at radius 1 is 1.03 bits per heavy atom. The van der Waals surface area contributed by atoms with Gasteiger partial charge in [-0.2, -0.15) is 18.2 Å². The summed E-state index contributed by atoms with van der Waals surface area (Å²) in [7, 11) is 2.00. The van der Waals surface area contributed by atoms with E-state index < -0.39 is 11.7 Å². The SMILES string of the molecule is CN1CCN(c2cc(Nc3ncn(-c4ccncn4)n3)cc(C(F)(F)F)c2)CC1. The van der Waals surface area contributed by atoms with Gasteiger partial charge < -0.3 is 15.1 Å². The lowest BCUT2D eigenvalue weighted by molar-refractivity contribution is -0.137. The van der Waals surface area contributed by atoms with E-state index >= 15 is 0 Å². The second-order valence-corrected chi connectivity index (χ2v) is 6.76. The van der Waals surface area contributed by atoms with Gasteiger partial charge in [-0.15, -0.1) is 5.10 Å². The van der Waals surface area contributed by atoms with Crippen LogP contribution in [0.4, 0.5) is 30.5 Å². The van der Waals surface area contributed by atoms with Crippen molar-refractivity contribution in [1.29, 1.82) is 0 Å². The first-order valence-electron chi connectivity index (χ1n) is 8.99. The number of likely N-dealkylation sites (N-methyl/N-ethyl adjacent to an activating group) is 1. The molecule has 11 heteroatoms. The summed E-state index contributed by atoms with van der Waals surface area (Å²) in [6.07, 6.45) is -0.0854. The standard InChI is InChI=1S/C18H19F3N8/c1-27-4-6-28(7-5-27)15-9-13(18(19,20)21)8-14(10-15)25-17-24-12-29(26-17)16-2-3-22-11-23-16/h2-3,8-12H,4-7H2,1H3,(H,25,26). The molecule has 1 aromatic carbocycles. The van der Waals surface area contributed by atoms with Crippen LogP contribution in [0.3, 0.4) is 0 Å². The molecule has 1 fully saturated rings. The van der Waals surface area contributed by atoms with Gasteiger partial charge in [0.05, 0.1) is 5.56 Å². The number of alkyl halides is 3. The minimum atomic E-state index is -4.45. The fraction of sp³-hybridized carbons (Fsp3) is 0.333. The summed E-state index contributed by atoms with van der Waals surface area (Å²) in [5.74, 6) is 0.676. The monoisotopic (exact) mass is 404 g/mol. The fourth-order valence-electron chi connectivity index (χ4n) is 3.07. The van der Waals surface area contributed by atoms with Gasteiger partial charge in [-0.3, -0.25) is 0 Å². The zero-order valence-corrected chi connectivity index (χ0v) is 15.6. The second-order valence-electron chi connectivity index (χ2n) is 6.76. The second kappa shape index (κ2) is 7.66. The van der Waals surface area contributed by atoms with Crippen molar-refractivity contribution >= 4 is 17.3 Å². The van der Waals surface area contributed by atoms with Crippen molar-refractivity contribution in [3.05, 3.63) is 48.7 Å². The van der Waals surface area contributed by atoms with Crippen LogP contribution >= 0.6 is 0 Å². The molecule has 0 bridgehead atoms. The van der Waals surface area contributed by atoms with Gasteiger partial charge in [0.15, 0.2) is 5.82 Å². The van der Waals surface area contributed by atoms with Crippen molar-refractivity contribution in [3.63, 3.8) is 0 Å². The van der Waals surface area contributed by atoms with Crippen LogP contribution in [0.1, 0.15) is 5.56 Å². The van der Waals surface area contributed by atoms with Crippen molar-refractivity contribution in [2.45, 2.75) is 6.18 Å². The van der Waals surface area contributed by atoms with Gasteiger partial charge >= 0.3 is 6.18 Å². The molecular weight excluding hydrogens is 385 g/mol. The highest BCUT2D eigenvalue weighted by atomic mass is 19.4. The lowest BCUT2D eigenvalue weighted by Crippen LogP contribution is -2.44. The topological polar surface area (TPSA) is 75.0 Å². The number of nitrogens with one attached hydrogen (secondary N) is 1. The molecule has 1 saturated heterocycles. The average Bonchev–Trinajstić information content (AvgIpc) is 3.17. The van der Waals surface area contributed by atoms with E-state index in [0.717, 1.165) is 19.2 Å². The van der Waals surface area contributed by atoms with Crippen LogP contribution in [0.25, 0.3) is 5.82 Å². The molecule has 8 nitrogen and oxygen atoms in total. The number of hydrogen-bond donors (Lipinski definition) is 1. The molecule has 29 heavy (non-hydrogen) atoms. The van der Waals surface area contributed by atoms with E-state index in [2.05, 4.69) is 30.3 Å². The highest BCUT2D eigenvalue weighted by molar-refractivity contribution is 5.64. The van der Waals surface area contributed by atoms with Crippen molar-refractivity contribution in [3.8, 4) is 5.82 Å². The third kappa shape index (κ3) is 4.45. The van der Waals surface area contributed by atoms with E-state index in [1.807, 2.05) is 11.9 Å². The van der Waals surface area contributed by atoms with E-state index in [1.54, 1.807) is 18.3 Å². The summed E-state index contributed by atoms with van der Waals surface area (Å²) in [6.45, 7) is 2.92. The molecule has 0 radical (unpaired) electrons. The predicted molar refractivity (Wildman–Crippen MR) is 101 cm³/mol. The van der Waals surface area contributed by atoms with Crippen LogP contribution in [0.15, 0.2) is 43.1 Å². The molecule has 0 saturated carbocycles. The van der Waals surface area contributed by atoms with E-state index in [1.165, 1.54) is 23.4 Å². The highest BCUT2D eigenvalue weighted by Crippen LogP contribution is 2.35. The molecule has 0 unspecified atom stereocenters. The summed E-state index contributed by atoms with van der Waals surface area (Å²) in [6, 6.07) is 5.58. The van der Waals surface area contributed by atoms with Crippen LogP contribution in [0.2, 0.25) is 0 Å². The number of hydrogen-bond acceptors (Lipinski definition) is 7. The third-order valence-corrected chi connectivity index (χ3v) is 4.66. The number of aromatic nitrogens is 5. The van der Waals surface area contributed by atoms with Gasteiger partial charge in [-0.1, -0.05) is 0 Å². The Bertz CT molecular complexity index is 965. The zero-order chi connectivity index (χ0) is 20.4. The number of rotatable bonds is 4. The maximum absolute atomic E-state index is 13.4. The number of piperazine rings is 1. The minimum Gasteiger partial charge on any atom is -0.369 e. The molecule has 2 aromatic heterocycles.